The normalized spacial score (nSPS) is 10.5. The van der Waals surface area contributed by atoms with Gasteiger partial charge in [-0.2, -0.15) is 0 Å². The van der Waals surface area contributed by atoms with Crippen LogP contribution in [0.3, 0.4) is 0 Å². The molecule has 0 aliphatic carbocycles. The molecule has 1 heterocycles. The molecule has 0 bridgehead atoms. The van der Waals surface area contributed by atoms with Crippen LogP contribution in [0.25, 0.3) is 22.2 Å². The van der Waals surface area contributed by atoms with Crippen LogP contribution in [0.15, 0.2) is 48.5 Å². The molecule has 6 heteroatoms. The van der Waals surface area contributed by atoms with Gasteiger partial charge in [0.05, 0.1) is 31.0 Å². The third-order valence-electron chi connectivity index (χ3n) is 3.78. The summed E-state index contributed by atoms with van der Waals surface area (Å²) in [4.78, 5) is 16.8. The molecule has 0 spiro atoms. The van der Waals surface area contributed by atoms with E-state index in [4.69, 9.17) is 15.3 Å². The van der Waals surface area contributed by atoms with E-state index in [2.05, 4.69) is 10.4 Å². The smallest absolute Gasteiger partial charge is 0.265 e. The zero-order valence-corrected chi connectivity index (χ0v) is 13.4. The molecular weight excluding hydrogens is 306 g/mol. The Morgan fingerprint density at radius 1 is 1.08 bits per heavy atom. The van der Waals surface area contributed by atoms with Crippen molar-refractivity contribution in [3.8, 4) is 22.8 Å². The maximum atomic E-state index is 12.2. The van der Waals surface area contributed by atoms with Gasteiger partial charge in [-0.15, -0.1) is 0 Å². The van der Waals surface area contributed by atoms with Crippen molar-refractivity contribution in [3.05, 3.63) is 54.1 Å². The van der Waals surface area contributed by atoms with Crippen molar-refractivity contribution in [2.75, 3.05) is 14.2 Å². The highest BCUT2D eigenvalue weighted by Crippen LogP contribution is 2.34. The predicted molar refractivity (Wildman–Crippen MR) is 91.9 cm³/mol. The summed E-state index contributed by atoms with van der Waals surface area (Å²) in [6.45, 7) is 0. The fourth-order valence-electron chi connectivity index (χ4n) is 2.59. The molecule has 0 atom stereocenters. The summed E-state index contributed by atoms with van der Waals surface area (Å²) in [5.41, 5.74) is 4.71. The minimum absolute atomic E-state index is 0.373. The molecule has 0 aliphatic rings. The number of carbonyl (C=O) groups excluding carboxylic acids is 1. The Balaban J connectivity index is 2.25. The minimum atomic E-state index is -0.373. The summed E-state index contributed by atoms with van der Waals surface area (Å²) < 4.78 is 10.7. The number of hydrazine groups is 1. The Labute approximate surface area is 139 Å². The molecule has 0 aliphatic heterocycles. The van der Waals surface area contributed by atoms with E-state index in [0.29, 0.717) is 28.3 Å². The molecule has 3 N–H and O–H groups in total. The van der Waals surface area contributed by atoms with Crippen molar-refractivity contribution < 1.29 is 14.3 Å². The minimum Gasteiger partial charge on any atom is -0.497 e. The van der Waals surface area contributed by atoms with Gasteiger partial charge in [0.1, 0.15) is 11.5 Å². The maximum absolute atomic E-state index is 12.2. The number of rotatable bonds is 4. The van der Waals surface area contributed by atoms with Gasteiger partial charge in [-0.05, 0) is 24.3 Å². The number of carbonyl (C=O) groups is 1. The topological polar surface area (TPSA) is 86.5 Å². The summed E-state index contributed by atoms with van der Waals surface area (Å²) >= 11 is 0. The molecule has 1 aromatic heterocycles. The summed E-state index contributed by atoms with van der Waals surface area (Å²) in [5.74, 6) is 6.23. The summed E-state index contributed by atoms with van der Waals surface area (Å²) in [5, 5.41) is 0.733. The third-order valence-corrected chi connectivity index (χ3v) is 3.78. The van der Waals surface area contributed by atoms with E-state index in [1.165, 1.54) is 0 Å². The number of hydrogen-bond acceptors (Lipinski definition) is 5. The summed E-state index contributed by atoms with van der Waals surface area (Å²) in [6, 6.07) is 14.5. The zero-order valence-electron chi connectivity index (χ0n) is 13.4. The first kappa shape index (κ1) is 15.8. The second kappa shape index (κ2) is 6.55. The number of nitrogens with one attached hydrogen (secondary N) is 1. The first-order valence-corrected chi connectivity index (χ1v) is 7.31. The number of nitrogens with two attached hydrogens (primary N) is 1. The van der Waals surface area contributed by atoms with E-state index in [0.717, 1.165) is 10.9 Å². The number of pyridine rings is 1. The van der Waals surface area contributed by atoms with Crippen molar-refractivity contribution in [3.63, 3.8) is 0 Å². The molecule has 3 rings (SSSR count). The fourth-order valence-corrected chi connectivity index (χ4v) is 2.59. The lowest BCUT2D eigenvalue weighted by Gasteiger charge is -2.12. The molecule has 0 unspecified atom stereocenters. The Morgan fingerprint density at radius 2 is 1.88 bits per heavy atom. The van der Waals surface area contributed by atoms with Crippen LogP contribution in [0, 0.1) is 0 Å². The van der Waals surface area contributed by atoms with Gasteiger partial charge in [0.25, 0.3) is 5.91 Å². The average Bonchev–Trinajstić information content (AvgIpc) is 2.65. The van der Waals surface area contributed by atoms with Gasteiger partial charge in [-0.25, -0.2) is 10.8 Å². The average molecular weight is 323 g/mol. The van der Waals surface area contributed by atoms with Crippen LogP contribution >= 0.6 is 0 Å². The SMILES string of the molecule is COc1ccc(-c2cc(C(=O)NN)c3ccccc3n2)c(OC)c1. The molecule has 2 aromatic carbocycles. The highest BCUT2D eigenvalue weighted by Gasteiger charge is 2.15. The molecule has 24 heavy (non-hydrogen) atoms. The van der Waals surface area contributed by atoms with E-state index < -0.39 is 0 Å². The number of nitrogen functional groups attached to an aromatic ring is 1. The van der Waals surface area contributed by atoms with Crippen LogP contribution in [-0.4, -0.2) is 25.1 Å². The Bertz CT molecular complexity index is 909. The van der Waals surface area contributed by atoms with E-state index in [-0.39, 0.29) is 5.91 Å². The number of nitrogens with zero attached hydrogens (tertiary/aromatic N) is 1. The number of ether oxygens (including phenoxy) is 2. The van der Waals surface area contributed by atoms with Crippen LogP contribution in [0.5, 0.6) is 11.5 Å². The van der Waals surface area contributed by atoms with Gasteiger partial charge in [-0.1, -0.05) is 18.2 Å². The first-order chi connectivity index (χ1) is 11.7. The van der Waals surface area contributed by atoms with E-state index in [1.807, 2.05) is 36.4 Å². The van der Waals surface area contributed by atoms with Crippen molar-refractivity contribution in [2.45, 2.75) is 0 Å². The third kappa shape index (κ3) is 2.75. The van der Waals surface area contributed by atoms with Gasteiger partial charge >= 0.3 is 0 Å². The van der Waals surface area contributed by atoms with Crippen LogP contribution in [0.1, 0.15) is 10.4 Å². The summed E-state index contributed by atoms with van der Waals surface area (Å²) in [6.07, 6.45) is 0. The number of para-hydroxylation sites is 1. The van der Waals surface area contributed by atoms with Crippen molar-refractivity contribution in [1.29, 1.82) is 0 Å². The molecular formula is C18H17N3O3. The van der Waals surface area contributed by atoms with E-state index in [1.54, 1.807) is 26.4 Å². The lowest BCUT2D eigenvalue weighted by atomic mass is 10.0. The molecule has 0 saturated carbocycles. The van der Waals surface area contributed by atoms with Crippen molar-refractivity contribution in [2.24, 2.45) is 5.84 Å². The van der Waals surface area contributed by atoms with Gasteiger partial charge in [0, 0.05) is 17.0 Å². The lowest BCUT2D eigenvalue weighted by Crippen LogP contribution is -2.30. The quantitative estimate of drug-likeness (QED) is 0.438. The van der Waals surface area contributed by atoms with Crippen LogP contribution in [-0.2, 0) is 0 Å². The fraction of sp³-hybridized carbons (Fsp3) is 0.111. The number of amides is 1. The number of hydrogen-bond donors (Lipinski definition) is 2. The first-order valence-electron chi connectivity index (χ1n) is 7.31. The Kier molecular flexibility index (Phi) is 4.31. The van der Waals surface area contributed by atoms with Gasteiger partial charge < -0.3 is 9.47 Å². The summed E-state index contributed by atoms with van der Waals surface area (Å²) in [7, 11) is 3.17. The van der Waals surface area contributed by atoms with Crippen molar-refractivity contribution in [1.82, 2.24) is 10.4 Å². The zero-order chi connectivity index (χ0) is 17.1. The number of aromatic nitrogens is 1. The highest BCUT2D eigenvalue weighted by molar-refractivity contribution is 6.07. The van der Waals surface area contributed by atoms with E-state index >= 15 is 0 Å². The van der Waals surface area contributed by atoms with E-state index in [9.17, 15) is 4.79 Å². The van der Waals surface area contributed by atoms with Gasteiger partial charge in [-0.3, -0.25) is 10.2 Å². The van der Waals surface area contributed by atoms with Crippen LogP contribution in [0.4, 0.5) is 0 Å². The second-order valence-corrected chi connectivity index (χ2v) is 5.11. The molecule has 0 saturated heterocycles. The van der Waals surface area contributed by atoms with Crippen LogP contribution < -0.4 is 20.7 Å². The number of methoxy groups -OCH3 is 2. The molecule has 1 amide bonds. The van der Waals surface area contributed by atoms with Crippen LogP contribution in [0.2, 0.25) is 0 Å². The molecule has 6 nitrogen and oxygen atoms in total. The van der Waals surface area contributed by atoms with Crippen molar-refractivity contribution >= 4 is 16.8 Å². The monoisotopic (exact) mass is 323 g/mol. The number of fused-ring (bicyclic) bond motifs is 1. The standard InChI is InChI=1S/C18H17N3O3/c1-23-11-7-8-13(17(9-11)24-2)16-10-14(18(22)21-19)12-5-3-4-6-15(12)20-16/h3-10H,19H2,1-2H3,(H,21,22). The predicted octanol–water partition coefficient (Wildman–Crippen LogP) is 2.52. The Morgan fingerprint density at radius 3 is 2.58 bits per heavy atom. The largest absolute Gasteiger partial charge is 0.497 e. The Hall–Kier alpha value is -3.12. The maximum Gasteiger partial charge on any atom is 0.265 e. The second-order valence-electron chi connectivity index (χ2n) is 5.11. The highest BCUT2D eigenvalue weighted by atomic mass is 16.5. The lowest BCUT2D eigenvalue weighted by molar-refractivity contribution is 0.0955. The number of benzene rings is 2. The molecule has 0 radical (unpaired) electrons. The molecule has 3 aromatic rings. The van der Waals surface area contributed by atoms with Gasteiger partial charge in [0.2, 0.25) is 0 Å². The molecule has 0 fully saturated rings. The van der Waals surface area contributed by atoms with Gasteiger partial charge in [0.15, 0.2) is 0 Å². The molecule has 122 valence electrons.